The van der Waals surface area contributed by atoms with E-state index in [-0.39, 0.29) is 23.3 Å². The number of carbonyl (C=O) groups excluding carboxylic acids is 3. The Kier molecular flexibility index (Phi) is 7.68. The van der Waals surface area contributed by atoms with Crippen LogP contribution in [0.5, 0.6) is 5.75 Å². The van der Waals surface area contributed by atoms with Crippen molar-refractivity contribution >= 4 is 34.2 Å². The van der Waals surface area contributed by atoms with Crippen LogP contribution >= 0.6 is 11.3 Å². The van der Waals surface area contributed by atoms with Crippen molar-refractivity contribution in [1.82, 2.24) is 0 Å². The summed E-state index contributed by atoms with van der Waals surface area (Å²) in [6, 6.07) is 6.77. The first kappa shape index (κ1) is 22.8. The van der Waals surface area contributed by atoms with Crippen LogP contribution in [-0.4, -0.2) is 37.7 Å². The fourth-order valence-corrected chi connectivity index (χ4v) is 4.71. The number of carbonyl (C=O) groups is 3. The zero-order valence-corrected chi connectivity index (χ0v) is 18.8. The first-order valence-electron chi connectivity index (χ1n) is 10.4. The number of esters is 2. The summed E-state index contributed by atoms with van der Waals surface area (Å²) in [5.74, 6) is -1.11. The number of amides is 1. The van der Waals surface area contributed by atoms with Gasteiger partial charge >= 0.3 is 11.9 Å². The van der Waals surface area contributed by atoms with Crippen molar-refractivity contribution in [3.05, 3.63) is 45.8 Å². The van der Waals surface area contributed by atoms with E-state index in [1.807, 2.05) is 0 Å². The molecule has 0 bridgehead atoms. The second kappa shape index (κ2) is 10.4. The van der Waals surface area contributed by atoms with Crippen molar-refractivity contribution in [2.75, 3.05) is 19.0 Å². The third-order valence-corrected chi connectivity index (χ3v) is 6.40. The number of para-hydroxylation sites is 1. The van der Waals surface area contributed by atoms with Gasteiger partial charge in [-0.05, 0) is 57.2 Å². The fourth-order valence-electron chi connectivity index (χ4n) is 3.64. The van der Waals surface area contributed by atoms with E-state index >= 15 is 0 Å². The predicted octanol–water partition coefficient (Wildman–Crippen LogP) is 4.98. The topological polar surface area (TPSA) is 90.9 Å². The van der Waals surface area contributed by atoms with Crippen LogP contribution in [0.4, 0.5) is 5.00 Å². The van der Waals surface area contributed by atoms with E-state index in [0.717, 1.165) is 43.4 Å². The summed E-state index contributed by atoms with van der Waals surface area (Å²) in [6.45, 7) is 3.54. The molecule has 0 spiro atoms. The SMILES string of the molecule is CCOC(=O)c1c(NC(=O)c2ccccc2OC)sc(C(=O)OC2CCCCC2)c1C. The van der Waals surface area contributed by atoms with Gasteiger partial charge in [-0.1, -0.05) is 18.6 Å². The average molecular weight is 446 g/mol. The summed E-state index contributed by atoms with van der Waals surface area (Å²) in [4.78, 5) is 38.6. The van der Waals surface area contributed by atoms with Crippen molar-refractivity contribution in [1.29, 1.82) is 0 Å². The van der Waals surface area contributed by atoms with Crippen molar-refractivity contribution < 1.29 is 28.6 Å². The highest BCUT2D eigenvalue weighted by atomic mass is 32.1. The molecule has 0 atom stereocenters. The number of thiophene rings is 1. The summed E-state index contributed by atoms with van der Waals surface area (Å²) in [5.41, 5.74) is 0.933. The number of hydrogen-bond donors (Lipinski definition) is 1. The molecule has 1 amide bonds. The van der Waals surface area contributed by atoms with Crippen LogP contribution in [0.15, 0.2) is 24.3 Å². The van der Waals surface area contributed by atoms with Crippen LogP contribution in [0.25, 0.3) is 0 Å². The summed E-state index contributed by atoms with van der Waals surface area (Å²) in [5, 5.41) is 3.00. The lowest BCUT2D eigenvalue weighted by Gasteiger charge is -2.21. The molecule has 1 N–H and O–H groups in total. The Morgan fingerprint density at radius 1 is 1.10 bits per heavy atom. The van der Waals surface area contributed by atoms with Gasteiger partial charge in [-0.25, -0.2) is 9.59 Å². The first-order chi connectivity index (χ1) is 15.0. The zero-order chi connectivity index (χ0) is 22.4. The normalized spacial score (nSPS) is 14.0. The van der Waals surface area contributed by atoms with E-state index < -0.39 is 17.8 Å². The maximum atomic E-state index is 12.9. The molecule has 1 aromatic heterocycles. The van der Waals surface area contributed by atoms with Gasteiger partial charge < -0.3 is 19.5 Å². The lowest BCUT2D eigenvalue weighted by Crippen LogP contribution is -2.21. The van der Waals surface area contributed by atoms with Gasteiger partial charge in [0.05, 0.1) is 24.8 Å². The standard InChI is InChI=1S/C23H27NO6S/c1-4-29-22(26)18-14(2)19(23(27)30-15-10-6-5-7-11-15)31-21(18)24-20(25)16-12-8-9-13-17(16)28-3/h8-9,12-13,15H,4-7,10-11H2,1-3H3,(H,24,25). The molecule has 31 heavy (non-hydrogen) atoms. The molecular weight excluding hydrogens is 418 g/mol. The minimum absolute atomic E-state index is 0.111. The molecule has 3 rings (SSSR count). The van der Waals surface area contributed by atoms with Gasteiger partial charge in [0.1, 0.15) is 21.7 Å². The molecule has 0 saturated heterocycles. The Hall–Kier alpha value is -2.87. The Balaban J connectivity index is 1.90. The third kappa shape index (κ3) is 5.25. The molecule has 1 heterocycles. The second-order valence-corrected chi connectivity index (χ2v) is 8.32. The van der Waals surface area contributed by atoms with Gasteiger partial charge in [-0.2, -0.15) is 0 Å². The number of ether oxygens (including phenoxy) is 3. The van der Waals surface area contributed by atoms with Crippen LogP contribution in [-0.2, 0) is 9.47 Å². The zero-order valence-electron chi connectivity index (χ0n) is 18.0. The number of methoxy groups -OCH3 is 1. The smallest absolute Gasteiger partial charge is 0.348 e. The molecule has 0 unspecified atom stereocenters. The van der Waals surface area contributed by atoms with Gasteiger partial charge in [0.2, 0.25) is 0 Å². The molecule has 1 aliphatic carbocycles. The third-order valence-electron chi connectivity index (χ3n) is 5.22. The predicted molar refractivity (Wildman–Crippen MR) is 118 cm³/mol. The van der Waals surface area contributed by atoms with Crippen molar-refractivity contribution in [2.45, 2.75) is 52.1 Å². The highest BCUT2D eigenvalue weighted by molar-refractivity contribution is 7.18. The monoisotopic (exact) mass is 445 g/mol. The summed E-state index contributed by atoms with van der Waals surface area (Å²) < 4.78 is 16.1. The van der Waals surface area contributed by atoms with E-state index in [1.165, 1.54) is 7.11 Å². The van der Waals surface area contributed by atoms with Gasteiger partial charge in [0, 0.05) is 0 Å². The Labute approximate surface area is 185 Å². The van der Waals surface area contributed by atoms with E-state index in [1.54, 1.807) is 38.1 Å². The molecular formula is C23H27NO6S. The molecule has 1 aromatic carbocycles. The highest BCUT2D eigenvalue weighted by Gasteiger charge is 2.29. The van der Waals surface area contributed by atoms with E-state index in [9.17, 15) is 14.4 Å². The molecule has 1 fully saturated rings. The molecule has 0 aliphatic heterocycles. The van der Waals surface area contributed by atoms with Crippen LogP contribution < -0.4 is 10.1 Å². The molecule has 1 saturated carbocycles. The molecule has 8 heteroatoms. The van der Waals surface area contributed by atoms with Crippen LogP contribution in [0.1, 0.15) is 75.0 Å². The Morgan fingerprint density at radius 2 is 1.81 bits per heavy atom. The van der Waals surface area contributed by atoms with Crippen LogP contribution in [0, 0.1) is 6.92 Å². The van der Waals surface area contributed by atoms with Crippen molar-refractivity contribution in [3.63, 3.8) is 0 Å². The van der Waals surface area contributed by atoms with Gasteiger partial charge in [-0.15, -0.1) is 11.3 Å². The maximum Gasteiger partial charge on any atom is 0.348 e. The molecule has 2 aromatic rings. The minimum Gasteiger partial charge on any atom is -0.496 e. The Morgan fingerprint density at radius 3 is 2.48 bits per heavy atom. The van der Waals surface area contributed by atoms with Crippen LogP contribution in [0.2, 0.25) is 0 Å². The quantitative estimate of drug-likeness (QED) is 0.604. The number of hydrogen-bond acceptors (Lipinski definition) is 7. The summed E-state index contributed by atoms with van der Waals surface area (Å²) in [7, 11) is 1.48. The number of nitrogens with one attached hydrogen (secondary N) is 1. The molecule has 0 radical (unpaired) electrons. The number of rotatable bonds is 7. The van der Waals surface area contributed by atoms with E-state index in [4.69, 9.17) is 14.2 Å². The lowest BCUT2D eigenvalue weighted by molar-refractivity contribution is 0.0216. The van der Waals surface area contributed by atoms with Gasteiger partial charge in [0.15, 0.2) is 0 Å². The lowest BCUT2D eigenvalue weighted by atomic mass is 9.98. The highest BCUT2D eigenvalue weighted by Crippen LogP contribution is 2.36. The summed E-state index contributed by atoms with van der Waals surface area (Å²) in [6.07, 6.45) is 4.81. The van der Waals surface area contributed by atoms with Gasteiger partial charge in [-0.3, -0.25) is 4.79 Å². The molecule has 1 aliphatic rings. The van der Waals surface area contributed by atoms with Crippen LogP contribution in [0.3, 0.4) is 0 Å². The van der Waals surface area contributed by atoms with E-state index in [0.29, 0.717) is 21.8 Å². The fraction of sp³-hybridized carbons (Fsp3) is 0.435. The molecule has 166 valence electrons. The first-order valence-corrected chi connectivity index (χ1v) is 11.2. The maximum absolute atomic E-state index is 12.9. The van der Waals surface area contributed by atoms with E-state index in [2.05, 4.69) is 5.32 Å². The summed E-state index contributed by atoms with van der Waals surface area (Å²) >= 11 is 1.03. The second-order valence-electron chi connectivity index (χ2n) is 7.30. The largest absolute Gasteiger partial charge is 0.496 e. The minimum atomic E-state index is -0.594. The number of anilines is 1. The number of benzene rings is 1. The van der Waals surface area contributed by atoms with Crippen molar-refractivity contribution in [2.24, 2.45) is 0 Å². The van der Waals surface area contributed by atoms with Gasteiger partial charge in [0.25, 0.3) is 5.91 Å². The van der Waals surface area contributed by atoms with Crippen molar-refractivity contribution in [3.8, 4) is 5.75 Å². The Bertz CT molecular complexity index is 961. The average Bonchev–Trinajstić information content (AvgIpc) is 3.10. The molecule has 7 nitrogen and oxygen atoms in total.